The Morgan fingerprint density at radius 2 is 2.12 bits per heavy atom. The third kappa shape index (κ3) is 1.93. The summed E-state index contributed by atoms with van der Waals surface area (Å²) in [7, 11) is 1.69. The van der Waals surface area contributed by atoms with Crippen LogP contribution >= 0.6 is 0 Å². The van der Waals surface area contributed by atoms with Crippen molar-refractivity contribution in [3.05, 3.63) is 30.5 Å². The number of rotatable bonds is 3. The molecule has 0 unspecified atom stereocenters. The molecule has 0 bridgehead atoms. The van der Waals surface area contributed by atoms with Gasteiger partial charge >= 0.3 is 0 Å². The van der Waals surface area contributed by atoms with E-state index in [-0.39, 0.29) is 5.54 Å². The number of fused-ring (bicyclic) bond motifs is 1. The Morgan fingerprint density at radius 3 is 2.82 bits per heavy atom. The molecule has 1 saturated carbocycles. The summed E-state index contributed by atoms with van der Waals surface area (Å²) in [6, 6.07) is 8.10. The van der Waals surface area contributed by atoms with Crippen LogP contribution in [0.4, 0.5) is 5.82 Å². The molecule has 3 nitrogen and oxygen atoms in total. The van der Waals surface area contributed by atoms with E-state index in [1.165, 1.54) is 18.2 Å². The van der Waals surface area contributed by atoms with Gasteiger partial charge in [-0.25, -0.2) is 4.98 Å². The quantitative estimate of drug-likeness (QED) is 0.876. The summed E-state index contributed by atoms with van der Waals surface area (Å²) in [6.45, 7) is 2.23. The fourth-order valence-corrected chi connectivity index (χ4v) is 1.97. The molecule has 17 heavy (non-hydrogen) atoms. The van der Waals surface area contributed by atoms with Crippen LogP contribution in [0.3, 0.4) is 0 Å². The molecule has 1 aliphatic carbocycles. The summed E-state index contributed by atoms with van der Waals surface area (Å²) in [5.74, 6) is 1.83. The number of ether oxygens (including phenoxy) is 1. The largest absolute Gasteiger partial charge is 0.497 e. The maximum atomic E-state index is 5.27. The predicted octanol–water partition coefficient (Wildman–Crippen LogP) is 3.21. The van der Waals surface area contributed by atoms with Crippen LogP contribution in [0.25, 0.3) is 10.8 Å². The van der Waals surface area contributed by atoms with Crippen molar-refractivity contribution in [2.45, 2.75) is 25.3 Å². The van der Waals surface area contributed by atoms with Crippen LogP contribution in [0.2, 0.25) is 0 Å². The van der Waals surface area contributed by atoms with E-state index < -0.39 is 0 Å². The molecule has 1 aromatic carbocycles. The molecule has 0 saturated heterocycles. The molecule has 0 radical (unpaired) electrons. The van der Waals surface area contributed by atoms with Gasteiger partial charge < -0.3 is 10.1 Å². The first kappa shape index (κ1) is 10.4. The lowest BCUT2D eigenvalue weighted by atomic mass is 10.1. The summed E-state index contributed by atoms with van der Waals surface area (Å²) in [6.07, 6.45) is 4.28. The summed E-state index contributed by atoms with van der Waals surface area (Å²) < 4.78 is 5.27. The zero-order chi connectivity index (χ0) is 11.9. The van der Waals surface area contributed by atoms with Crippen LogP contribution in [0, 0.1) is 0 Å². The van der Waals surface area contributed by atoms with Crippen LogP contribution in [0.15, 0.2) is 30.5 Å². The Morgan fingerprint density at radius 1 is 1.29 bits per heavy atom. The molecule has 0 amide bonds. The summed E-state index contributed by atoms with van der Waals surface area (Å²) in [5.41, 5.74) is 0.240. The molecule has 88 valence electrons. The molecule has 1 N–H and O–H groups in total. The average molecular weight is 228 g/mol. The molecule has 3 heteroatoms. The SMILES string of the molecule is COc1ccc2ccnc(NC3(C)CC3)c2c1. The third-order valence-electron chi connectivity index (χ3n) is 3.39. The van der Waals surface area contributed by atoms with Crippen molar-refractivity contribution in [2.24, 2.45) is 0 Å². The first-order valence-corrected chi connectivity index (χ1v) is 5.91. The second-order valence-corrected chi connectivity index (χ2v) is 4.93. The Bertz CT molecular complexity index is 561. The summed E-state index contributed by atoms with van der Waals surface area (Å²) in [5, 5.41) is 5.83. The van der Waals surface area contributed by atoms with Crippen LogP contribution in [-0.2, 0) is 0 Å². The van der Waals surface area contributed by atoms with Crippen molar-refractivity contribution in [1.82, 2.24) is 4.98 Å². The first-order valence-electron chi connectivity index (χ1n) is 5.91. The highest BCUT2D eigenvalue weighted by atomic mass is 16.5. The van der Waals surface area contributed by atoms with E-state index in [0.717, 1.165) is 17.0 Å². The van der Waals surface area contributed by atoms with Gasteiger partial charge in [0.15, 0.2) is 0 Å². The van der Waals surface area contributed by atoms with Gasteiger partial charge in [0.05, 0.1) is 7.11 Å². The number of hydrogen-bond acceptors (Lipinski definition) is 3. The Balaban J connectivity index is 2.09. The van der Waals surface area contributed by atoms with Crippen LogP contribution in [-0.4, -0.2) is 17.6 Å². The number of anilines is 1. The zero-order valence-corrected chi connectivity index (χ0v) is 10.2. The highest BCUT2D eigenvalue weighted by molar-refractivity contribution is 5.93. The normalized spacial score (nSPS) is 16.8. The molecule has 1 aliphatic rings. The van der Waals surface area contributed by atoms with E-state index in [1.54, 1.807) is 7.11 Å². The van der Waals surface area contributed by atoms with Crippen molar-refractivity contribution in [1.29, 1.82) is 0 Å². The standard InChI is InChI=1S/C14H16N2O/c1-14(6-7-14)16-13-12-9-11(17-2)4-3-10(12)5-8-15-13/h3-5,8-9H,6-7H2,1-2H3,(H,15,16). The van der Waals surface area contributed by atoms with Gasteiger partial charge in [0.1, 0.15) is 11.6 Å². The first-order chi connectivity index (χ1) is 8.20. The highest BCUT2D eigenvalue weighted by Gasteiger charge is 2.37. The Kier molecular flexibility index (Phi) is 2.21. The van der Waals surface area contributed by atoms with E-state index in [4.69, 9.17) is 4.74 Å². The van der Waals surface area contributed by atoms with Gasteiger partial charge in [-0.3, -0.25) is 0 Å². The molecule has 1 aromatic heterocycles. The molecule has 0 aliphatic heterocycles. The highest BCUT2D eigenvalue weighted by Crippen LogP contribution is 2.39. The maximum Gasteiger partial charge on any atom is 0.134 e. The second kappa shape index (κ2) is 3.62. The minimum absolute atomic E-state index is 0.240. The second-order valence-electron chi connectivity index (χ2n) is 4.93. The minimum atomic E-state index is 0.240. The molecule has 0 spiro atoms. The number of nitrogens with zero attached hydrogens (tertiary/aromatic N) is 1. The molecular weight excluding hydrogens is 212 g/mol. The minimum Gasteiger partial charge on any atom is -0.497 e. The molecular formula is C14H16N2O. The third-order valence-corrected chi connectivity index (χ3v) is 3.39. The summed E-state index contributed by atoms with van der Waals surface area (Å²) >= 11 is 0. The van der Waals surface area contributed by atoms with Crippen LogP contribution in [0.5, 0.6) is 5.75 Å². The van der Waals surface area contributed by atoms with Gasteiger partial charge in [-0.15, -0.1) is 0 Å². The molecule has 1 heterocycles. The molecule has 1 fully saturated rings. The fourth-order valence-electron chi connectivity index (χ4n) is 1.97. The number of pyridine rings is 1. The van der Waals surface area contributed by atoms with E-state index in [2.05, 4.69) is 23.3 Å². The predicted molar refractivity (Wildman–Crippen MR) is 69.6 cm³/mol. The van der Waals surface area contributed by atoms with Gasteiger partial charge in [-0.1, -0.05) is 6.07 Å². The number of nitrogens with one attached hydrogen (secondary N) is 1. The number of methoxy groups -OCH3 is 1. The fraction of sp³-hybridized carbons (Fsp3) is 0.357. The smallest absolute Gasteiger partial charge is 0.134 e. The lowest BCUT2D eigenvalue weighted by Crippen LogP contribution is -2.16. The molecule has 0 atom stereocenters. The monoisotopic (exact) mass is 228 g/mol. The average Bonchev–Trinajstić information content (AvgIpc) is 3.07. The van der Waals surface area contributed by atoms with Gasteiger partial charge in [0.2, 0.25) is 0 Å². The van der Waals surface area contributed by atoms with Crippen molar-refractivity contribution in [3.63, 3.8) is 0 Å². The van der Waals surface area contributed by atoms with Gasteiger partial charge in [-0.05, 0) is 43.4 Å². The van der Waals surface area contributed by atoms with E-state index in [0.29, 0.717) is 0 Å². The number of hydrogen-bond donors (Lipinski definition) is 1. The van der Waals surface area contributed by atoms with E-state index >= 15 is 0 Å². The van der Waals surface area contributed by atoms with Gasteiger partial charge in [0.25, 0.3) is 0 Å². The number of aromatic nitrogens is 1. The Hall–Kier alpha value is -1.77. The van der Waals surface area contributed by atoms with Gasteiger partial charge in [-0.2, -0.15) is 0 Å². The van der Waals surface area contributed by atoms with Crippen molar-refractivity contribution < 1.29 is 4.74 Å². The number of benzene rings is 1. The lowest BCUT2D eigenvalue weighted by Gasteiger charge is -2.14. The van der Waals surface area contributed by atoms with Crippen molar-refractivity contribution in [2.75, 3.05) is 12.4 Å². The molecule has 2 aromatic rings. The summed E-state index contributed by atoms with van der Waals surface area (Å²) in [4.78, 5) is 4.44. The zero-order valence-electron chi connectivity index (χ0n) is 10.2. The van der Waals surface area contributed by atoms with Crippen LogP contribution < -0.4 is 10.1 Å². The van der Waals surface area contributed by atoms with Crippen molar-refractivity contribution >= 4 is 16.6 Å². The van der Waals surface area contributed by atoms with E-state index in [1.807, 2.05) is 24.4 Å². The van der Waals surface area contributed by atoms with E-state index in [9.17, 15) is 0 Å². The Labute approximate surface area is 101 Å². The molecule has 3 rings (SSSR count). The van der Waals surface area contributed by atoms with Crippen molar-refractivity contribution in [3.8, 4) is 5.75 Å². The lowest BCUT2D eigenvalue weighted by molar-refractivity contribution is 0.415. The topological polar surface area (TPSA) is 34.1 Å². The maximum absolute atomic E-state index is 5.27. The van der Waals surface area contributed by atoms with Gasteiger partial charge in [0, 0.05) is 17.1 Å². The van der Waals surface area contributed by atoms with Crippen LogP contribution in [0.1, 0.15) is 19.8 Å².